The van der Waals surface area contributed by atoms with Crippen LogP contribution in [0.25, 0.3) is 11.1 Å². The molecule has 4 aromatic rings. The summed E-state index contributed by atoms with van der Waals surface area (Å²) in [6.45, 7) is 2.12. The number of aryl methyl sites for hydroxylation is 1. The SMILES string of the molecule is COc1ccc(/C(=C(/CCCC(=S)Cc2ccc(C)cc2)c2ccccc2)c2ccccc2)cc1. The Morgan fingerprint density at radius 3 is 1.83 bits per heavy atom. The van der Waals surface area contributed by atoms with Gasteiger partial charge in [0.25, 0.3) is 0 Å². The Morgan fingerprint density at radius 1 is 0.657 bits per heavy atom. The van der Waals surface area contributed by atoms with Crippen LogP contribution in [0.3, 0.4) is 0 Å². The Hall–Kier alpha value is -3.49. The van der Waals surface area contributed by atoms with E-state index in [0.717, 1.165) is 36.3 Å². The van der Waals surface area contributed by atoms with Gasteiger partial charge in [0.05, 0.1) is 7.11 Å². The smallest absolute Gasteiger partial charge is 0.118 e. The summed E-state index contributed by atoms with van der Waals surface area (Å²) in [5, 5.41) is 0. The van der Waals surface area contributed by atoms with E-state index in [2.05, 4.69) is 104 Å². The van der Waals surface area contributed by atoms with Crippen LogP contribution in [0.2, 0.25) is 0 Å². The summed E-state index contributed by atoms with van der Waals surface area (Å²) >= 11 is 5.79. The summed E-state index contributed by atoms with van der Waals surface area (Å²) in [7, 11) is 1.71. The molecule has 0 aliphatic heterocycles. The van der Waals surface area contributed by atoms with Gasteiger partial charge in [-0.2, -0.15) is 0 Å². The molecule has 4 aromatic carbocycles. The second-order valence-electron chi connectivity index (χ2n) is 8.87. The molecular weight excluding hydrogens is 444 g/mol. The number of hydrogen-bond acceptors (Lipinski definition) is 2. The van der Waals surface area contributed by atoms with Crippen molar-refractivity contribution >= 4 is 28.2 Å². The van der Waals surface area contributed by atoms with Crippen LogP contribution in [0.15, 0.2) is 109 Å². The summed E-state index contributed by atoms with van der Waals surface area (Å²) in [4.78, 5) is 1.12. The molecule has 0 saturated carbocycles. The van der Waals surface area contributed by atoms with Gasteiger partial charge in [-0.05, 0) is 76.6 Å². The van der Waals surface area contributed by atoms with Gasteiger partial charge in [0.15, 0.2) is 0 Å². The van der Waals surface area contributed by atoms with Crippen LogP contribution in [-0.2, 0) is 6.42 Å². The second-order valence-corrected chi connectivity index (χ2v) is 9.45. The van der Waals surface area contributed by atoms with Crippen LogP contribution < -0.4 is 4.74 Å². The molecule has 2 heteroatoms. The maximum atomic E-state index is 5.79. The van der Waals surface area contributed by atoms with Crippen molar-refractivity contribution in [3.63, 3.8) is 0 Å². The molecule has 176 valence electrons. The molecule has 0 fully saturated rings. The van der Waals surface area contributed by atoms with Crippen LogP contribution in [0.1, 0.15) is 47.1 Å². The monoisotopic (exact) mass is 476 g/mol. The quantitative estimate of drug-likeness (QED) is 0.167. The van der Waals surface area contributed by atoms with Gasteiger partial charge < -0.3 is 4.74 Å². The third-order valence-electron chi connectivity index (χ3n) is 6.27. The first-order valence-corrected chi connectivity index (χ1v) is 12.6. The second kappa shape index (κ2) is 12.3. The summed E-state index contributed by atoms with van der Waals surface area (Å²) in [6, 6.07) is 38.5. The summed E-state index contributed by atoms with van der Waals surface area (Å²) in [5.74, 6) is 0.865. The van der Waals surface area contributed by atoms with Crippen LogP contribution in [0.5, 0.6) is 5.75 Å². The fourth-order valence-corrected chi connectivity index (χ4v) is 4.73. The number of hydrogen-bond donors (Lipinski definition) is 0. The molecule has 1 nitrogen and oxygen atoms in total. The number of methoxy groups -OCH3 is 1. The van der Waals surface area contributed by atoms with Gasteiger partial charge in [-0.25, -0.2) is 0 Å². The number of thiocarbonyl (C=S) groups is 1. The fraction of sp³-hybridized carbons (Fsp3) is 0.182. The van der Waals surface area contributed by atoms with E-state index in [1.54, 1.807) is 7.11 Å². The van der Waals surface area contributed by atoms with Crippen LogP contribution >= 0.6 is 12.2 Å². The maximum absolute atomic E-state index is 5.79. The minimum absolute atomic E-state index is 0.865. The lowest BCUT2D eigenvalue weighted by Gasteiger charge is -2.18. The summed E-state index contributed by atoms with van der Waals surface area (Å²) in [5.41, 5.74) is 8.86. The number of benzene rings is 4. The molecule has 35 heavy (non-hydrogen) atoms. The fourth-order valence-electron chi connectivity index (χ4n) is 4.41. The molecular formula is C33H32OS. The van der Waals surface area contributed by atoms with Crippen LogP contribution in [0.4, 0.5) is 0 Å². The predicted molar refractivity (Wildman–Crippen MR) is 153 cm³/mol. The van der Waals surface area contributed by atoms with Crippen molar-refractivity contribution in [3.8, 4) is 5.75 Å². The standard InChI is InChI=1S/C33H32OS/c1-25-16-18-26(19-17-25)24-31(35)14-9-15-32(27-10-5-3-6-11-27)33(28-12-7-4-8-13-28)29-20-22-30(34-2)23-21-29/h3-8,10-13,16-23H,9,14-15,24H2,1-2H3/b33-32-. The molecule has 0 aliphatic carbocycles. The first kappa shape index (κ1) is 24.6. The number of ether oxygens (including phenoxy) is 1. The highest BCUT2D eigenvalue weighted by Gasteiger charge is 2.14. The minimum Gasteiger partial charge on any atom is -0.497 e. The van der Waals surface area contributed by atoms with Crippen molar-refractivity contribution < 1.29 is 4.74 Å². The lowest BCUT2D eigenvalue weighted by Crippen LogP contribution is -2.01. The van der Waals surface area contributed by atoms with Crippen molar-refractivity contribution in [1.29, 1.82) is 0 Å². The molecule has 0 saturated heterocycles. The van der Waals surface area contributed by atoms with E-state index in [1.165, 1.54) is 39.0 Å². The van der Waals surface area contributed by atoms with E-state index in [1.807, 2.05) is 12.1 Å². The van der Waals surface area contributed by atoms with E-state index in [-0.39, 0.29) is 0 Å². The van der Waals surface area contributed by atoms with E-state index < -0.39 is 0 Å². The molecule has 4 rings (SSSR count). The van der Waals surface area contributed by atoms with Gasteiger partial charge in [-0.15, -0.1) is 0 Å². The van der Waals surface area contributed by atoms with Crippen molar-refractivity contribution in [2.45, 2.75) is 32.6 Å². The first-order valence-electron chi connectivity index (χ1n) is 12.2. The molecule has 0 heterocycles. The topological polar surface area (TPSA) is 9.23 Å². The van der Waals surface area contributed by atoms with Crippen LogP contribution in [-0.4, -0.2) is 12.0 Å². The van der Waals surface area contributed by atoms with Crippen molar-refractivity contribution in [3.05, 3.63) is 137 Å². The van der Waals surface area contributed by atoms with Gasteiger partial charge in [-0.1, -0.05) is 115 Å². The van der Waals surface area contributed by atoms with Gasteiger partial charge in [0, 0.05) is 6.42 Å². The largest absolute Gasteiger partial charge is 0.497 e. The summed E-state index contributed by atoms with van der Waals surface area (Å²) in [6.07, 6.45) is 3.77. The van der Waals surface area contributed by atoms with Gasteiger partial charge in [-0.3, -0.25) is 0 Å². The Labute approximate surface area is 215 Å². The van der Waals surface area contributed by atoms with E-state index in [9.17, 15) is 0 Å². The molecule has 0 N–H and O–H groups in total. The highest BCUT2D eigenvalue weighted by Crippen LogP contribution is 2.36. The van der Waals surface area contributed by atoms with Gasteiger partial charge >= 0.3 is 0 Å². The van der Waals surface area contributed by atoms with Crippen molar-refractivity contribution in [2.24, 2.45) is 0 Å². The highest BCUT2D eigenvalue weighted by atomic mass is 32.1. The normalized spacial score (nSPS) is 11.6. The first-order chi connectivity index (χ1) is 17.1. The Bertz CT molecular complexity index is 1250. The lowest BCUT2D eigenvalue weighted by atomic mass is 9.86. The van der Waals surface area contributed by atoms with Gasteiger partial charge in [0.2, 0.25) is 0 Å². The number of rotatable bonds is 10. The molecule has 0 atom stereocenters. The molecule has 0 unspecified atom stereocenters. The van der Waals surface area contributed by atoms with E-state index >= 15 is 0 Å². The third-order valence-corrected chi connectivity index (χ3v) is 6.62. The van der Waals surface area contributed by atoms with Crippen molar-refractivity contribution in [2.75, 3.05) is 7.11 Å². The maximum Gasteiger partial charge on any atom is 0.118 e. The average Bonchev–Trinajstić information content (AvgIpc) is 2.91. The zero-order valence-corrected chi connectivity index (χ0v) is 21.4. The molecule has 0 amide bonds. The summed E-state index contributed by atoms with van der Waals surface area (Å²) < 4.78 is 5.42. The molecule has 0 aromatic heterocycles. The zero-order chi connectivity index (χ0) is 24.5. The Kier molecular flexibility index (Phi) is 8.64. The molecule has 0 bridgehead atoms. The van der Waals surface area contributed by atoms with Crippen LogP contribution in [0, 0.1) is 6.92 Å². The lowest BCUT2D eigenvalue weighted by molar-refractivity contribution is 0.415. The average molecular weight is 477 g/mol. The van der Waals surface area contributed by atoms with E-state index in [4.69, 9.17) is 17.0 Å². The Balaban J connectivity index is 1.65. The Morgan fingerprint density at radius 2 is 1.23 bits per heavy atom. The van der Waals surface area contributed by atoms with Crippen molar-refractivity contribution in [1.82, 2.24) is 0 Å². The van der Waals surface area contributed by atoms with Gasteiger partial charge in [0.1, 0.15) is 5.75 Å². The van der Waals surface area contributed by atoms with E-state index in [0.29, 0.717) is 0 Å². The molecule has 0 radical (unpaired) electrons. The minimum atomic E-state index is 0.865. The predicted octanol–water partition coefficient (Wildman–Crippen LogP) is 8.75. The molecule has 0 aliphatic rings. The molecule has 0 spiro atoms. The third kappa shape index (κ3) is 6.77. The highest BCUT2D eigenvalue weighted by molar-refractivity contribution is 7.80. The zero-order valence-electron chi connectivity index (χ0n) is 20.5. The number of allylic oxidation sites excluding steroid dienone is 1.